The van der Waals surface area contributed by atoms with Crippen LogP contribution >= 0.6 is 24.0 Å². The van der Waals surface area contributed by atoms with E-state index < -0.39 is 0 Å². The van der Waals surface area contributed by atoms with E-state index in [4.69, 9.17) is 9.52 Å². The van der Waals surface area contributed by atoms with Crippen LogP contribution in [0.15, 0.2) is 21.8 Å². The molecule has 1 aliphatic heterocycles. The first-order valence-corrected chi connectivity index (χ1v) is 10.7. The maximum absolute atomic E-state index is 4.96. The molecule has 0 aromatic carbocycles. The Labute approximate surface area is 185 Å². The molecule has 1 saturated heterocycles. The largest absolute Gasteiger partial charge is 0.364 e. The highest BCUT2D eigenvalue weighted by Gasteiger charge is 2.33. The summed E-state index contributed by atoms with van der Waals surface area (Å²) in [7, 11) is 0. The quantitative estimate of drug-likeness (QED) is 0.318. The van der Waals surface area contributed by atoms with E-state index in [-0.39, 0.29) is 24.0 Å². The van der Waals surface area contributed by atoms with Crippen LogP contribution in [-0.4, -0.2) is 84.2 Å². The first-order chi connectivity index (χ1) is 13.3. The van der Waals surface area contributed by atoms with Crippen molar-refractivity contribution in [2.75, 3.05) is 52.4 Å². The Morgan fingerprint density at radius 3 is 2.64 bits per heavy atom. The van der Waals surface area contributed by atoms with Crippen molar-refractivity contribution in [2.45, 2.75) is 45.2 Å². The van der Waals surface area contributed by atoms with E-state index in [0.717, 1.165) is 76.0 Å². The molecule has 4 rings (SSSR count). The second-order valence-corrected chi connectivity index (χ2v) is 8.16. The first kappa shape index (κ1) is 21.8. The first-order valence-electron chi connectivity index (χ1n) is 10.7. The number of hydrogen-bond donors (Lipinski definition) is 1. The summed E-state index contributed by atoms with van der Waals surface area (Å²) in [6, 6.07) is 2.80. The lowest BCUT2D eigenvalue weighted by atomic mass is 10.3. The van der Waals surface area contributed by atoms with Crippen molar-refractivity contribution >= 4 is 29.9 Å². The SMILES string of the molecule is CCNC(=NCCN(CC1CC1)C1CC1)N1CCN(Cc2ccon2)CC1.I. The van der Waals surface area contributed by atoms with Crippen LogP contribution in [0.25, 0.3) is 0 Å². The molecule has 1 N–H and O–H groups in total. The molecule has 3 fully saturated rings. The van der Waals surface area contributed by atoms with Crippen LogP contribution in [0.5, 0.6) is 0 Å². The normalized spacial score (nSPS) is 21.1. The smallest absolute Gasteiger partial charge is 0.194 e. The molecule has 1 aromatic rings. The summed E-state index contributed by atoms with van der Waals surface area (Å²) in [5.41, 5.74) is 1.01. The number of rotatable bonds is 9. The Morgan fingerprint density at radius 2 is 2.04 bits per heavy atom. The van der Waals surface area contributed by atoms with Crippen LogP contribution in [0.1, 0.15) is 38.3 Å². The van der Waals surface area contributed by atoms with Gasteiger partial charge in [0, 0.05) is 64.5 Å². The van der Waals surface area contributed by atoms with Crippen molar-refractivity contribution < 1.29 is 4.52 Å². The molecule has 0 unspecified atom stereocenters. The molecule has 0 amide bonds. The van der Waals surface area contributed by atoms with E-state index in [1.165, 1.54) is 32.2 Å². The lowest BCUT2D eigenvalue weighted by Crippen LogP contribution is -2.52. The molecule has 0 bridgehead atoms. The van der Waals surface area contributed by atoms with Crippen molar-refractivity contribution in [2.24, 2.45) is 10.9 Å². The van der Waals surface area contributed by atoms with Crippen LogP contribution in [0.2, 0.25) is 0 Å². The second-order valence-electron chi connectivity index (χ2n) is 8.16. The van der Waals surface area contributed by atoms with Crippen molar-refractivity contribution in [3.05, 3.63) is 18.0 Å². The monoisotopic (exact) mass is 502 g/mol. The number of halogens is 1. The van der Waals surface area contributed by atoms with Crippen LogP contribution in [-0.2, 0) is 6.54 Å². The van der Waals surface area contributed by atoms with Gasteiger partial charge in [-0.2, -0.15) is 0 Å². The van der Waals surface area contributed by atoms with Gasteiger partial charge in [-0.15, -0.1) is 24.0 Å². The summed E-state index contributed by atoms with van der Waals surface area (Å²) >= 11 is 0. The molecule has 2 heterocycles. The number of nitrogens with zero attached hydrogens (tertiary/aromatic N) is 5. The number of piperazine rings is 1. The second kappa shape index (κ2) is 10.8. The van der Waals surface area contributed by atoms with Gasteiger partial charge < -0.3 is 14.7 Å². The minimum atomic E-state index is 0. The predicted octanol–water partition coefficient (Wildman–Crippen LogP) is 2.25. The summed E-state index contributed by atoms with van der Waals surface area (Å²) in [5.74, 6) is 2.06. The molecular formula is C20H35IN6O. The zero-order valence-electron chi connectivity index (χ0n) is 17.1. The van der Waals surface area contributed by atoms with E-state index in [2.05, 4.69) is 32.1 Å². The van der Waals surface area contributed by atoms with Gasteiger partial charge in [0.15, 0.2) is 5.96 Å². The number of guanidine groups is 1. The van der Waals surface area contributed by atoms with Crippen LogP contribution in [0.3, 0.4) is 0 Å². The van der Waals surface area contributed by atoms with Gasteiger partial charge in [-0.05, 0) is 38.5 Å². The molecular weight excluding hydrogens is 467 g/mol. The third kappa shape index (κ3) is 6.59. The van der Waals surface area contributed by atoms with Gasteiger partial charge >= 0.3 is 0 Å². The van der Waals surface area contributed by atoms with Gasteiger partial charge in [0.2, 0.25) is 0 Å². The van der Waals surface area contributed by atoms with Crippen molar-refractivity contribution in [3.63, 3.8) is 0 Å². The van der Waals surface area contributed by atoms with E-state index in [9.17, 15) is 0 Å². The van der Waals surface area contributed by atoms with Gasteiger partial charge in [-0.3, -0.25) is 14.8 Å². The number of aromatic nitrogens is 1. The minimum Gasteiger partial charge on any atom is -0.364 e. The van der Waals surface area contributed by atoms with Gasteiger partial charge in [0.1, 0.15) is 6.26 Å². The van der Waals surface area contributed by atoms with E-state index >= 15 is 0 Å². The van der Waals surface area contributed by atoms with E-state index in [0.29, 0.717) is 0 Å². The molecule has 0 atom stereocenters. The molecule has 7 nitrogen and oxygen atoms in total. The van der Waals surface area contributed by atoms with E-state index in [1.807, 2.05) is 6.07 Å². The Balaban J connectivity index is 0.00000225. The number of aliphatic imine (C=N–C) groups is 1. The summed E-state index contributed by atoms with van der Waals surface area (Å²) in [5, 5.41) is 7.52. The zero-order valence-corrected chi connectivity index (χ0v) is 19.4. The Hall–Kier alpha value is -0.870. The fourth-order valence-corrected chi connectivity index (χ4v) is 3.87. The lowest BCUT2D eigenvalue weighted by molar-refractivity contribution is 0.169. The van der Waals surface area contributed by atoms with Crippen LogP contribution in [0, 0.1) is 5.92 Å². The lowest BCUT2D eigenvalue weighted by Gasteiger charge is -2.36. The third-order valence-electron chi connectivity index (χ3n) is 5.79. The van der Waals surface area contributed by atoms with Gasteiger partial charge in [-0.25, -0.2) is 0 Å². The molecule has 2 aliphatic carbocycles. The van der Waals surface area contributed by atoms with Gasteiger partial charge in [-0.1, -0.05) is 5.16 Å². The summed E-state index contributed by atoms with van der Waals surface area (Å²) in [4.78, 5) is 12.5. The summed E-state index contributed by atoms with van der Waals surface area (Å²) in [6.45, 7) is 11.4. The number of nitrogens with one attached hydrogen (secondary N) is 1. The third-order valence-corrected chi connectivity index (χ3v) is 5.79. The van der Waals surface area contributed by atoms with Crippen LogP contribution in [0.4, 0.5) is 0 Å². The highest BCUT2D eigenvalue weighted by Crippen LogP contribution is 2.34. The molecule has 1 aromatic heterocycles. The van der Waals surface area contributed by atoms with Crippen molar-refractivity contribution in [1.29, 1.82) is 0 Å². The minimum absolute atomic E-state index is 0. The Bertz CT molecular complexity index is 594. The average molecular weight is 502 g/mol. The molecule has 0 spiro atoms. The summed E-state index contributed by atoms with van der Waals surface area (Å²) in [6.07, 6.45) is 7.31. The maximum Gasteiger partial charge on any atom is 0.194 e. The maximum atomic E-state index is 4.96. The highest BCUT2D eigenvalue weighted by molar-refractivity contribution is 14.0. The van der Waals surface area contributed by atoms with Crippen molar-refractivity contribution in [1.82, 2.24) is 25.2 Å². The predicted molar refractivity (Wildman–Crippen MR) is 122 cm³/mol. The van der Waals surface area contributed by atoms with Crippen molar-refractivity contribution in [3.8, 4) is 0 Å². The fourth-order valence-electron chi connectivity index (χ4n) is 3.87. The number of hydrogen-bond acceptors (Lipinski definition) is 5. The molecule has 2 saturated carbocycles. The van der Waals surface area contributed by atoms with Gasteiger partial charge in [0.05, 0.1) is 12.2 Å². The topological polar surface area (TPSA) is 60.1 Å². The molecule has 28 heavy (non-hydrogen) atoms. The van der Waals surface area contributed by atoms with Crippen LogP contribution < -0.4 is 5.32 Å². The fraction of sp³-hybridized carbons (Fsp3) is 0.800. The molecule has 158 valence electrons. The average Bonchev–Trinajstić information content (AvgIpc) is 3.61. The Morgan fingerprint density at radius 1 is 1.25 bits per heavy atom. The zero-order chi connectivity index (χ0) is 18.5. The molecule has 3 aliphatic rings. The van der Waals surface area contributed by atoms with Gasteiger partial charge in [0.25, 0.3) is 0 Å². The molecule has 0 radical (unpaired) electrons. The molecule has 8 heteroatoms. The Kier molecular flexibility index (Phi) is 8.40. The standard InChI is InChI=1S/C20H34N6O.HI/c1-2-21-20(22-8-9-26(19-5-6-19)15-17-3-4-17)25-12-10-24(11-13-25)16-18-7-14-27-23-18;/h7,14,17,19H,2-6,8-13,15-16H2,1H3,(H,21,22);1H. The highest BCUT2D eigenvalue weighted by atomic mass is 127. The van der Waals surface area contributed by atoms with E-state index in [1.54, 1.807) is 6.26 Å². The summed E-state index contributed by atoms with van der Waals surface area (Å²) < 4.78 is 4.94.